The number of pyridine rings is 1. The van der Waals surface area contributed by atoms with Gasteiger partial charge in [0.2, 0.25) is 0 Å². The molecular weight excluding hydrogens is 346 g/mol. The van der Waals surface area contributed by atoms with Crippen LogP contribution in [-0.4, -0.2) is 69.7 Å². The van der Waals surface area contributed by atoms with Crippen molar-refractivity contribution in [2.75, 3.05) is 32.7 Å². The zero-order valence-electron chi connectivity index (χ0n) is 15.4. The van der Waals surface area contributed by atoms with Gasteiger partial charge in [-0.3, -0.25) is 9.88 Å². The first-order valence-corrected chi connectivity index (χ1v) is 9.49. The Morgan fingerprint density at radius 2 is 1.59 bits per heavy atom. The average molecular weight is 373 g/mol. The first-order chi connectivity index (χ1) is 13.0. The van der Waals surface area contributed by atoms with E-state index in [0.717, 1.165) is 24.3 Å². The van der Waals surface area contributed by atoms with Crippen molar-refractivity contribution < 1.29 is 19.8 Å². The molecule has 1 aromatic heterocycles. The van der Waals surface area contributed by atoms with Crippen LogP contribution in [0.3, 0.4) is 0 Å². The highest BCUT2D eigenvalue weighted by Gasteiger charge is 2.36. The molecule has 27 heavy (non-hydrogen) atoms. The molecule has 4 rings (SSSR count). The van der Waals surface area contributed by atoms with Crippen LogP contribution in [0.25, 0.3) is 0 Å². The summed E-state index contributed by atoms with van der Waals surface area (Å²) in [6.45, 7) is 7.30. The summed E-state index contributed by atoms with van der Waals surface area (Å²) in [5.74, 6) is -0.908. The Kier molecular flexibility index (Phi) is 6.58. The van der Waals surface area contributed by atoms with Crippen molar-refractivity contribution in [1.82, 2.24) is 14.8 Å². The minimum Gasteiger partial charge on any atom is -0.473 e. The molecule has 3 unspecified atom stereocenters. The number of aromatic nitrogens is 1. The van der Waals surface area contributed by atoms with Gasteiger partial charge < -0.3 is 15.1 Å². The highest BCUT2D eigenvalue weighted by Crippen LogP contribution is 2.43. The minimum atomic E-state index is -1.82. The molecule has 3 atom stereocenters. The van der Waals surface area contributed by atoms with Crippen LogP contribution in [-0.2, 0) is 16.1 Å². The highest BCUT2D eigenvalue weighted by molar-refractivity contribution is 6.27. The molecule has 2 heterocycles. The van der Waals surface area contributed by atoms with Gasteiger partial charge in [0, 0.05) is 51.7 Å². The molecule has 0 spiro atoms. The number of fused-ring (bicyclic) bond motifs is 2. The molecule has 1 saturated heterocycles. The monoisotopic (exact) mass is 373 g/mol. The van der Waals surface area contributed by atoms with Gasteiger partial charge in [0.1, 0.15) is 0 Å². The number of rotatable bonds is 4. The molecule has 0 aromatic carbocycles. The third-order valence-electron chi connectivity index (χ3n) is 5.71. The summed E-state index contributed by atoms with van der Waals surface area (Å²) < 4.78 is 0. The van der Waals surface area contributed by atoms with Crippen LogP contribution in [0.5, 0.6) is 0 Å². The number of aliphatic carboxylic acids is 2. The molecule has 1 aromatic rings. The summed E-state index contributed by atoms with van der Waals surface area (Å²) in [4.78, 5) is 27.6. The van der Waals surface area contributed by atoms with Crippen LogP contribution < -0.4 is 0 Å². The maximum Gasteiger partial charge on any atom is 0.414 e. The van der Waals surface area contributed by atoms with Gasteiger partial charge in [-0.25, -0.2) is 9.59 Å². The molecule has 2 bridgehead atoms. The number of carboxylic acid groups (broad SMARTS) is 2. The Bertz CT molecular complexity index is 659. The van der Waals surface area contributed by atoms with E-state index < -0.39 is 11.9 Å². The summed E-state index contributed by atoms with van der Waals surface area (Å²) in [7, 11) is 0. The van der Waals surface area contributed by atoms with E-state index in [1.54, 1.807) is 0 Å². The van der Waals surface area contributed by atoms with Gasteiger partial charge in [0.05, 0.1) is 0 Å². The molecule has 1 saturated carbocycles. The summed E-state index contributed by atoms with van der Waals surface area (Å²) in [6, 6.07) is 4.27. The van der Waals surface area contributed by atoms with E-state index in [0.29, 0.717) is 0 Å². The lowest BCUT2D eigenvalue weighted by molar-refractivity contribution is -0.159. The Hall–Kier alpha value is -2.25. The molecule has 7 heteroatoms. The molecular formula is C20H27N3O4. The van der Waals surface area contributed by atoms with Gasteiger partial charge in [-0.05, 0) is 48.3 Å². The van der Waals surface area contributed by atoms with E-state index in [1.807, 2.05) is 12.4 Å². The molecule has 0 radical (unpaired) electrons. The lowest BCUT2D eigenvalue weighted by atomic mass is 9.93. The molecule has 146 valence electrons. The second-order valence-corrected chi connectivity index (χ2v) is 7.58. The quantitative estimate of drug-likeness (QED) is 0.611. The topological polar surface area (TPSA) is 94.0 Å². The Balaban J connectivity index is 0.000000307. The second kappa shape index (κ2) is 9.10. The number of hydrogen-bond acceptors (Lipinski definition) is 5. The van der Waals surface area contributed by atoms with Gasteiger partial charge >= 0.3 is 11.9 Å². The summed E-state index contributed by atoms with van der Waals surface area (Å²) in [6.07, 6.45) is 11.6. The highest BCUT2D eigenvalue weighted by atomic mass is 16.4. The number of piperazine rings is 1. The van der Waals surface area contributed by atoms with E-state index in [9.17, 15) is 0 Å². The molecule has 0 amide bonds. The Labute approximate surface area is 159 Å². The van der Waals surface area contributed by atoms with Crippen LogP contribution in [0.1, 0.15) is 18.4 Å². The van der Waals surface area contributed by atoms with Crippen molar-refractivity contribution in [2.24, 2.45) is 17.8 Å². The first kappa shape index (κ1) is 19.5. The summed E-state index contributed by atoms with van der Waals surface area (Å²) >= 11 is 0. The Morgan fingerprint density at radius 1 is 0.963 bits per heavy atom. The molecule has 2 fully saturated rings. The number of carboxylic acids is 2. The zero-order chi connectivity index (χ0) is 19.2. The fourth-order valence-corrected chi connectivity index (χ4v) is 4.31. The largest absolute Gasteiger partial charge is 0.473 e. The smallest absolute Gasteiger partial charge is 0.414 e. The molecule has 7 nitrogen and oxygen atoms in total. The average Bonchev–Trinajstić information content (AvgIpc) is 3.28. The van der Waals surface area contributed by atoms with Crippen LogP contribution in [0.15, 0.2) is 36.7 Å². The predicted octanol–water partition coefficient (Wildman–Crippen LogP) is 1.57. The van der Waals surface area contributed by atoms with E-state index in [2.05, 4.69) is 39.1 Å². The van der Waals surface area contributed by atoms with Gasteiger partial charge in [-0.15, -0.1) is 0 Å². The van der Waals surface area contributed by atoms with Crippen LogP contribution >= 0.6 is 0 Å². The second-order valence-electron chi connectivity index (χ2n) is 7.58. The zero-order valence-corrected chi connectivity index (χ0v) is 15.4. The fourth-order valence-electron chi connectivity index (χ4n) is 4.31. The summed E-state index contributed by atoms with van der Waals surface area (Å²) in [5.41, 5.74) is 1.39. The fraction of sp³-hybridized carbons (Fsp3) is 0.550. The number of hydrogen-bond donors (Lipinski definition) is 2. The van der Waals surface area contributed by atoms with E-state index in [1.165, 1.54) is 51.1 Å². The van der Waals surface area contributed by atoms with E-state index in [4.69, 9.17) is 19.8 Å². The molecule has 1 aliphatic heterocycles. The van der Waals surface area contributed by atoms with Gasteiger partial charge in [0.15, 0.2) is 0 Å². The van der Waals surface area contributed by atoms with Crippen LogP contribution in [0, 0.1) is 17.8 Å². The predicted molar refractivity (Wildman–Crippen MR) is 100 cm³/mol. The maximum atomic E-state index is 9.10. The number of allylic oxidation sites excluding steroid dienone is 2. The lowest BCUT2D eigenvalue weighted by Gasteiger charge is -2.37. The van der Waals surface area contributed by atoms with Crippen molar-refractivity contribution in [3.05, 3.63) is 42.2 Å². The standard InChI is InChI=1S/C18H25N3.C2H2O4/c1-2-17-11-16(1)12-18(17)14-21-9-7-20(8-10-21)13-15-3-5-19-6-4-15;3-1(4)2(5)6/h1-6,16-18H,7-14H2;(H,3,4)(H,5,6). The lowest BCUT2D eigenvalue weighted by Crippen LogP contribution is -2.47. The van der Waals surface area contributed by atoms with Crippen LogP contribution in [0.2, 0.25) is 0 Å². The summed E-state index contributed by atoms with van der Waals surface area (Å²) in [5, 5.41) is 14.8. The normalized spacial score (nSPS) is 27.2. The third-order valence-corrected chi connectivity index (χ3v) is 5.71. The number of nitrogens with zero attached hydrogens (tertiary/aromatic N) is 3. The van der Waals surface area contributed by atoms with Crippen LogP contribution in [0.4, 0.5) is 0 Å². The van der Waals surface area contributed by atoms with E-state index in [-0.39, 0.29) is 0 Å². The minimum absolute atomic E-state index is 0.893. The SMILES string of the molecule is C1=CC2CC1CC2CN1CCN(Cc2ccncc2)CC1.O=C(O)C(=O)O. The van der Waals surface area contributed by atoms with Crippen molar-refractivity contribution in [3.8, 4) is 0 Å². The number of carbonyl (C=O) groups is 2. The van der Waals surface area contributed by atoms with Crippen molar-refractivity contribution in [2.45, 2.75) is 19.4 Å². The molecule has 2 N–H and O–H groups in total. The molecule has 3 aliphatic rings. The molecule has 2 aliphatic carbocycles. The maximum absolute atomic E-state index is 9.10. The van der Waals surface area contributed by atoms with E-state index >= 15 is 0 Å². The third kappa shape index (κ3) is 5.61. The first-order valence-electron chi connectivity index (χ1n) is 9.49. The van der Waals surface area contributed by atoms with Gasteiger partial charge in [-0.1, -0.05) is 12.2 Å². The van der Waals surface area contributed by atoms with Gasteiger partial charge in [-0.2, -0.15) is 0 Å². The van der Waals surface area contributed by atoms with Crippen molar-refractivity contribution in [1.29, 1.82) is 0 Å². The Morgan fingerprint density at radius 3 is 2.11 bits per heavy atom. The van der Waals surface area contributed by atoms with Crippen molar-refractivity contribution >= 4 is 11.9 Å². The van der Waals surface area contributed by atoms with Gasteiger partial charge in [0.25, 0.3) is 0 Å². The van der Waals surface area contributed by atoms with Crippen molar-refractivity contribution in [3.63, 3.8) is 0 Å².